The Morgan fingerprint density at radius 2 is 2.05 bits per heavy atom. The maximum Gasteiger partial charge on any atom is 0.293 e. The minimum Gasteiger partial charge on any atom is -0.395 e. The summed E-state index contributed by atoms with van der Waals surface area (Å²) in [6, 6.07) is 7.75. The molecular formula is C28H35N9O3. The van der Waals surface area contributed by atoms with Gasteiger partial charge < -0.3 is 20.3 Å². The number of aromatic nitrogens is 6. The zero-order valence-electron chi connectivity index (χ0n) is 23.5. The lowest BCUT2D eigenvalue weighted by Gasteiger charge is -2.19. The smallest absolute Gasteiger partial charge is 0.293 e. The summed E-state index contributed by atoms with van der Waals surface area (Å²) in [7, 11) is 1.87. The first-order chi connectivity index (χ1) is 19.1. The number of rotatable bonds is 7. The van der Waals surface area contributed by atoms with Crippen LogP contribution in [0.1, 0.15) is 66.6 Å². The lowest BCUT2D eigenvalue weighted by molar-refractivity contribution is 0.0918. The van der Waals surface area contributed by atoms with Gasteiger partial charge in [0.2, 0.25) is 11.8 Å². The monoisotopic (exact) mass is 545 g/mol. The number of aliphatic hydroxyl groups is 1. The lowest BCUT2D eigenvalue weighted by atomic mass is 9.96. The summed E-state index contributed by atoms with van der Waals surface area (Å²) in [6.45, 7) is 9.72. The van der Waals surface area contributed by atoms with Crippen molar-refractivity contribution in [2.24, 2.45) is 7.05 Å². The van der Waals surface area contributed by atoms with Gasteiger partial charge in [0, 0.05) is 50.1 Å². The molecule has 210 valence electrons. The molecule has 12 heteroatoms. The SMILES string of the molecule is Cc1nn(C)cc1Nc1nccc(-c2ccc3c(c2)CN(CCO)CC[C@@H]3NC(=O)c2noc(C(C)(C)C)n2)n1. The molecule has 1 atom stereocenters. The molecule has 0 fully saturated rings. The number of carbonyl (C=O) groups excluding carboxylic acids is 1. The summed E-state index contributed by atoms with van der Waals surface area (Å²) in [4.78, 5) is 28.7. The molecule has 1 aliphatic rings. The molecule has 0 radical (unpaired) electrons. The fourth-order valence-corrected chi connectivity index (χ4v) is 4.78. The van der Waals surface area contributed by atoms with Crippen LogP contribution in [0.2, 0.25) is 0 Å². The van der Waals surface area contributed by atoms with E-state index in [-0.39, 0.29) is 29.8 Å². The third-order valence-electron chi connectivity index (χ3n) is 6.85. The molecule has 0 spiro atoms. The van der Waals surface area contributed by atoms with Gasteiger partial charge in [0.1, 0.15) is 0 Å². The summed E-state index contributed by atoms with van der Waals surface area (Å²) in [5, 5.41) is 24.2. The van der Waals surface area contributed by atoms with E-state index < -0.39 is 0 Å². The number of benzene rings is 1. The number of anilines is 2. The Labute approximate surface area is 232 Å². The third-order valence-corrected chi connectivity index (χ3v) is 6.85. The summed E-state index contributed by atoms with van der Waals surface area (Å²) in [5.74, 6) is 0.525. The molecule has 1 aromatic carbocycles. The van der Waals surface area contributed by atoms with E-state index in [9.17, 15) is 9.90 Å². The van der Waals surface area contributed by atoms with Crippen molar-refractivity contribution < 1.29 is 14.4 Å². The van der Waals surface area contributed by atoms with Crippen LogP contribution in [-0.4, -0.2) is 65.5 Å². The molecule has 4 heterocycles. The number of aliphatic hydroxyl groups excluding tert-OH is 1. The van der Waals surface area contributed by atoms with Crippen LogP contribution in [0, 0.1) is 6.92 Å². The van der Waals surface area contributed by atoms with E-state index in [0.29, 0.717) is 37.9 Å². The molecule has 40 heavy (non-hydrogen) atoms. The molecule has 12 nitrogen and oxygen atoms in total. The van der Waals surface area contributed by atoms with Gasteiger partial charge in [0.25, 0.3) is 11.7 Å². The number of β-amino-alcohol motifs (C(OH)–C–C–N with tert-alkyl or cyclic N) is 1. The Bertz CT molecular complexity index is 1500. The van der Waals surface area contributed by atoms with E-state index in [2.05, 4.69) is 41.8 Å². The fraction of sp³-hybridized carbons (Fsp3) is 0.429. The topological polar surface area (TPSA) is 147 Å². The van der Waals surface area contributed by atoms with Crippen molar-refractivity contribution in [2.45, 2.75) is 52.1 Å². The van der Waals surface area contributed by atoms with Crippen LogP contribution < -0.4 is 10.6 Å². The first-order valence-electron chi connectivity index (χ1n) is 13.3. The Morgan fingerprint density at radius 3 is 2.75 bits per heavy atom. The van der Waals surface area contributed by atoms with Gasteiger partial charge in [-0.15, -0.1) is 0 Å². The number of aryl methyl sites for hydroxylation is 2. The molecule has 0 unspecified atom stereocenters. The van der Waals surface area contributed by atoms with Gasteiger partial charge in [-0.25, -0.2) is 9.97 Å². The molecule has 4 aromatic rings. The standard InChI is InChI=1S/C28H35N9O3/c1-17-23(16-36(5)34-17)32-27-29-10-8-21(31-27)18-6-7-20-19(14-18)15-37(12-13-38)11-9-22(20)30-25(39)24-33-26(40-35-24)28(2,3)4/h6-8,10,14,16,22,38H,9,11-13,15H2,1-5H3,(H,30,39)(H,29,31,32)/t22-/m0/s1. The molecule has 3 aromatic heterocycles. The molecule has 0 bridgehead atoms. The van der Waals surface area contributed by atoms with E-state index in [4.69, 9.17) is 9.51 Å². The second kappa shape index (κ2) is 11.1. The Balaban J connectivity index is 1.42. The number of carbonyl (C=O) groups is 1. The van der Waals surface area contributed by atoms with Gasteiger partial charge >= 0.3 is 0 Å². The predicted octanol–water partition coefficient (Wildman–Crippen LogP) is 3.28. The highest BCUT2D eigenvalue weighted by atomic mass is 16.5. The van der Waals surface area contributed by atoms with Crippen molar-refractivity contribution in [1.82, 2.24) is 40.1 Å². The predicted molar refractivity (Wildman–Crippen MR) is 149 cm³/mol. The van der Waals surface area contributed by atoms with Crippen LogP contribution in [0.25, 0.3) is 11.3 Å². The van der Waals surface area contributed by atoms with Crippen LogP contribution >= 0.6 is 0 Å². The minimum absolute atomic E-state index is 0.0180. The summed E-state index contributed by atoms with van der Waals surface area (Å²) < 4.78 is 7.06. The number of nitrogens with zero attached hydrogens (tertiary/aromatic N) is 7. The minimum atomic E-state index is -0.382. The van der Waals surface area contributed by atoms with Gasteiger partial charge in [-0.2, -0.15) is 10.1 Å². The fourth-order valence-electron chi connectivity index (χ4n) is 4.78. The van der Waals surface area contributed by atoms with Gasteiger partial charge in [0.05, 0.1) is 29.7 Å². The number of hydrogen-bond acceptors (Lipinski definition) is 10. The first kappa shape index (κ1) is 27.4. The molecule has 5 rings (SSSR count). The highest BCUT2D eigenvalue weighted by Gasteiger charge is 2.28. The highest BCUT2D eigenvalue weighted by Crippen LogP contribution is 2.31. The van der Waals surface area contributed by atoms with Crippen molar-refractivity contribution >= 4 is 17.5 Å². The molecule has 0 saturated carbocycles. The van der Waals surface area contributed by atoms with Crippen LogP contribution in [0.5, 0.6) is 0 Å². The number of fused-ring (bicyclic) bond motifs is 1. The average molecular weight is 546 g/mol. The maximum atomic E-state index is 13.1. The van der Waals surface area contributed by atoms with Crippen molar-refractivity contribution in [2.75, 3.05) is 25.0 Å². The van der Waals surface area contributed by atoms with Gasteiger partial charge in [-0.1, -0.05) is 38.1 Å². The normalized spacial score (nSPS) is 15.9. The van der Waals surface area contributed by atoms with E-state index in [1.54, 1.807) is 10.9 Å². The third kappa shape index (κ3) is 6.02. The Kier molecular flexibility index (Phi) is 7.63. The highest BCUT2D eigenvalue weighted by molar-refractivity contribution is 5.90. The molecule has 1 amide bonds. The molecule has 0 aliphatic carbocycles. The lowest BCUT2D eigenvalue weighted by Crippen LogP contribution is -2.31. The molecule has 0 saturated heterocycles. The van der Waals surface area contributed by atoms with Gasteiger partial charge in [-0.3, -0.25) is 14.4 Å². The van der Waals surface area contributed by atoms with E-state index in [1.165, 1.54) is 0 Å². The second-order valence-electron chi connectivity index (χ2n) is 11.1. The maximum absolute atomic E-state index is 13.1. The van der Waals surface area contributed by atoms with Crippen molar-refractivity contribution in [3.05, 3.63) is 65.2 Å². The molecule has 3 N–H and O–H groups in total. The van der Waals surface area contributed by atoms with Crippen molar-refractivity contribution in [1.29, 1.82) is 0 Å². The summed E-state index contributed by atoms with van der Waals surface area (Å²) in [5.41, 5.74) is 5.10. The summed E-state index contributed by atoms with van der Waals surface area (Å²) in [6.07, 6.45) is 4.28. The molecular weight excluding hydrogens is 510 g/mol. The van der Waals surface area contributed by atoms with E-state index >= 15 is 0 Å². The van der Waals surface area contributed by atoms with Crippen molar-refractivity contribution in [3.8, 4) is 11.3 Å². The van der Waals surface area contributed by atoms with Crippen LogP contribution in [0.15, 0.2) is 41.2 Å². The average Bonchev–Trinajstić information content (AvgIpc) is 3.49. The van der Waals surface area contributed by atoms with Crippen LogP contribution in [0.4, 0.5) is 11.6 Å². The second-order valence-corrected chi connectivity index (χ2v) is 11.1. The van der Waals surface area contributed by atoms with E-state index in [0.717, 1.165) is 33.8 Å². The van der Waals surface area contributed by atoms with Gasteiger partial charge in [0.15, 0.2) is 0 Å². The number of amides is 1. The summed E-state index contributed by atoms with van der Waals surface area (Å²) >= 11 is 0. The number of nitrogens with one attached hydrogen (secondary N) is 2. The largest absolute Gasteiger partial charge is 0.395 e. The van der Waals surface area contributed by atoms with E-state index in [1.807, 2.05) is 59.1 Å². The zero-order chi connectivity index (χ0) is 28.4. The first-order valence-corrected chi connectivity index (χ1v) is 13.3. The van der Waals surface area contributed by atoms with Gasteiger partial charge in [-0.05, 0) is 36.6 Å². The number of hydrogen-bond donors (Lipinski definition) is 3. The Hall–Kier alpha value is -4.16. The van der Waals surface area contributed by atoms with Crippen LogP contribution in [-0.2, 0) is 19.0 Å². The Morgan fingerprint density at radius 1 is 1.23 bits per heavy atom. The zero-order valence-corrected chi connectivity index (χ0v) is 23.5. The quantitative estimate of drug-likeness (QED) is 0.316. The molecule has 1 aliphatic heterocycles. The van der Waals surface area contributed by atoms with Crippen molar-refractivity contribution in [3.63, 3.8) is 0 Å². The van der Waals surface area contributed by atoms with Crippen LogP contribution in [0.3, 0.4) is 0 Å².